The maximum atomic E-state index is 13.3. The molecule has 11 rings (SSSR count). The van der Waals surface area contributed by atoms with E-state index in [4.69, 9.17) is 45.8 Å². The SMILES string of the molecule is C#Cc1ccc(N2CCNC(c3ccccc3)C2)nc1C(=O)c1cccnc1N.C/C=C/c1ccc(N2CCN[C@@H](CC(C)C)C2)nc1C(=O)c1cccnc1N.CC(C)(N)CNc1ccc(C(F)(F)F)c(C(=O)c2cccnc2N)n1.NCCSc1ccc(C(F)(F)F)c(C(=O)c2cccnc2N)n1.[HH].[HH].[HH].[HH].[HH].[HH].[HH]. The Hall–Kier alpha value is -11.2. The van der Waals surface area contributed by atoms with Crippen LogP contribution in [0.15, 0.2) is 163 Å². The molecule has 562 valence electrons. The number of ketones is 4. The number of nitrogens with zero attached hydrogens (tertiary/aromatic N) is 10. The third-order valence-electron chi connectivity index (χ3n) is 16.0. The lowest BCUT2D eigenvalue weighted by atomic mass is 10.0. The van der Waals surface area contributed by atoms with Crippen LogP contribution in [-0.4, -0.2) is 133 Å². The van der Waals surface area contributed by atoms with Crippen molar-refractivity contribution in [1.29, 1.82) is 0 Å². The number of pyridine rings is 8. The van der Waals surface area contributed by atoms with Crippen molar-refractivity contribution >= 4 is 81.7 Å². The molecular weight excluding hydrogens is 1380 g/mol. The summed E-state index contributed by atoms with van der Waals surface area (Å²) in [7, 11) is 0. The summed E-state index contributed by atoms with van der Waals surface area (Å²) >= 11 is 1.17. The number of hydrogen-bond acceptors (Lipinski definition) is 24. The number of halogens is 6. The first-order valence-corrected chi connectivity index (χ1v) is 34.1. The Morgan fingerprint density at radius 3 is 1.58 bits per heavy atom. The van der Waals surface area contributed by atoms with Gasteiger partial charge in [0.05, 0.1) is 44.0 Å². The summed E-state index contributed by atoms with van der Waals surface area (Å²) in [5, 5.41) is 10.2. The van der Waals surface area contributed by atoms with Crippen molar-refractivity contribution in [2.24, 2.45) is 17.4 Å². The highest BCUT2D eigenvalue weighted by Crippen LogP contribution is 2.36. The number of hydrogen-bond donors (Lipinski definition) is 9. The van der Waals surface area contributed by atoms with Crippen LogP contribution in [0, 0.1) is 18.3 Å². The highest BCUT2D eigenvalue weighted by atomic mass is 32.2. The quantitative estimate of drug-likeness (QED) is 0.0148. The Bertz CT molecular complexity index is 4630. The number of terminal acetylenes is 1. The lowest BCUT2D eigenvalue weighted by molar-refractivity contribution is -0.139. The monoisotopic (exact) mass is 1470 g/mol. The first kappa shape index (κ1) is 79.5. The first-order chi connectivity index (χ1) is 50.0. The number of rotatable bonds is 20. The van der Waals surface area contributed by atoms with Gasteiger partial charge in [-0.3, -0.25) is 19.2 Å². The van der Waals surface area contributed by atoms with Gasteiger partial charge in [-0.05, 0) is 136 Å². The predicted octanol–water partition coefficient (Wildman–Crippen LogP) is 12.1. The van der Waals surface area contributed by atoms with E-state index in [0.717, 1.165) is 81.1 Å². The number of aromatic nitrogens is 8. The van der Waals surface area contributed by atoms with Crippen molar-refractivity contribution in [3.05, 3.63) is 231 Å². The number of nitrogens with one attached hydrogen (secondary N) is 3. The van der Waals surface area contributed by atoms with E-state index in [0.29, 0.717) is 46.6 Å². The van der Waals surface area contributed by atoms with Crippen molar-refractivity contribution in [1.82, 2.24) is 50.5 Å². The maximum Gasteiger partial charge on any atom is 0.418 e. The highest BCUT2D eigenvalue weighted by Gasteiger charge is 2.39. The van der Waals surface area contributed by atoms with Gasteiger partial charge in [0.2, 0.25) is 23.1 Å². The van der Waals surface area contributed by atoms with E-state index < -0.39 is 52.0 Å². The van der Waals surface area contributed by atoms with Crippen LogP contribution in [0.3, 0.4) is 0 Å². The van der Waals surface area contributed by atoms with Crippen molar-refractivity contribution in [3.8, 4) is 12.3 Å². The first-order valence-electron chi connectivity index (χ1n) is 33.2. The minimum atomic E-state index is -4.74. The van der Waals surface area contributed by atoms with Gasteiger partial charge in [0, 0.05) is 116 Å². The lowest BCUT2D eigenvalue weighted by Crippen LogP contribution is -2.51. The minimum Gasteiger partial charge on any atom is -0.383 e. The van der Waals surface area contributed by atoms with E-state index in [9.17, 15) is 45.5 Å². The largest absolute Gasteiger partial charge is 0.418 e. The molecule has 0 aliphatic carbocycles. The van der Waals surface area contributed by atoms with E-state index in [-0.39, 0.29) is 85.1 Å². The summed E-state index contributed by atoms with van der Waals surface area (Å²) in [4.78, 5) is 88.2. The molecule has 0 radical (unpaired) electrons. The lowest BCUT2D eigenvalue weighted by Gasteiger charge is -2.35. The fourth-order valence-corrected chi connectivity index (χ4v) is 11.6. The second kappa shape index (κ2) is 36.3. The van der Waals surface area contributed by atoms with Crippen molar-refractivity contribution < 1.29 is 55.5 Å². The van der Waals surface area contributed by atoms with Gasteiger partial charge < -0.3 is 60.2 Å². The molecule has 2 atom stereocenters. The summed E-state index contributed by atoms with van der Waals surface area (Å²) in [6.45, 7) is 15.5. The van der Waals surface area contributed by atoms with Gasteiger partial charge in [-0.25, -0.2) is 39.9 Å². The van der Waals surface area contributed by atoms with E-state index in [2.05, 4.69) is 92.5 Å². The van der Waals surface area contributed by atoms with Crippen LogP contribution in [0.5, 0.6) is 0 Å². The Labute approximate surface area is 618 Å². The summed E-state index contributed by atoms with van der Waals surface area (Å²) in [6, 6.07) is 34.7. The van der Waals surface area contributed by atoms with Crippen LogP contribution in [-0.2, 0) is 12.4 Å². The highest BCUT2D eigenvalue weighted by molar-refractivity contribution is 7.99. The predicted molar refractivity (Wildman–Crippen MR) is 412 cm³/mol. The average Bonchev–Trinajstić information content (AvgIpc) is 0.795. The molecule has 0 saturated carbocycles. The molecule has 1 aromatic carbocycles. The summed E-state index contributed by atoms with van der Waals surface area (Å²) < 4.78 is 79.2. The van der Waals surface area contributed by atoms with Crippen LogP contribution in [0.2, 0.25) is 0 Å². The molecule has 2 saturated heterocycles. The Kier molecular flexibility index (Phi) is 27.5. The number of allylic oxidation sites excluding steroid dienone is 1. The molecule has 9 aromatic rings. The Morgan fingerprint density at radius 1 is 0.619 bits per heavy atom. The van der Waals surface area contributed by atoms with Gasteiger partial charge in [-0.2, -0.15) is 26.3 Å². The van der Waals surface area contributed by atoms with Gasteiger partial charge in [0.25, 0.3) is 0 Å². The average molecular weight is 1470 g/mol. The number of piperazine rings is 2. The fourth-order valence-electron chi connectivity index (χ4n) is 11.0. The Morgan fingerprint density at radius 2 is 1.10 bits per heavy atom. The second-order valence-corrected chi connectivity index (χ2v) is 26.2. The van der Waals surface area contributed by atoms with E-state index in [1.54, 1.807) is 56.6 Å². The number of carbonyl (C=O) groups excluding carboxylic acids is 4. The summed E-state index contributed by atoms with van der Waals surface area (Å²) in [5.74, 6) is 3.01. The molecule has 0 bridgehead atoms. The molecular formula is C75H95F6N19O4S. The number of benzene rings is 1. The molecule has 2 aliphatic heterocycles. The molecule has 15 N–H and O–H groups in total. The van der Waals surface area contributed by atoms with Crippen molar-refractivity contribution in [2.45, 2.75) is 76.0 Å². The zero-order chi connectivity index (χ0) is 76.2. The normalized spacial score (nSPS) is 14.5. The topological polar surface area (TPSA) is 370 Å². The van der Waals surface area contributed by atoms with Gasteiger partial charge in [-0.1, -0.05) is 62.3 Å². The van der Waals surface area contributed by atoms with Crippen LogP contribution in [0.25, 0.3) is 6.08 Å². The van der Waals surface area contributed by atoms with Gasteiger partial charge in [-0.15, -0.1) is 18.2 Å². The number of nitrogen functional groups attached to an aromatic ring is 4. The maximum absolute atomic E-state index is 13.3. The number of thioether (sulfide) groups is 1. The zero-order valence-corrected chi connectivity index (χ0v) is 59.0. The smallest absolute Gasteiger partial charge is 0.383 e. The van der Waals surface area contributed by atoms with Crippen LogP contribution >= 0.6 is 11.8 Å². The van der Waals surface area contributed by atoms with E-state index in [1.165, 1.54) is 60.1 Å². The third-order valence-corrected chi connectivity index (χ3v) is 17.0. The van der Waals surface area contributed by atoms with Gasteiger partial charge >= 0.3 is 12.4 Å². The van der Waals surface area contributed by atoms with Crippen LogP contribution in [0.1, 0.15) is 149 Å². The molecule has 0 amide bonds. The fraction of sp³-hybridized carbons (Fsp3) is 0.280. The molecule has 1 unspecified atom stereocenters. The van der Waals surface area contributed by atoms with Crippen molar-refractivity contribution in [2.75, 3.05) is 96.2 Å². The molecule has 2 fully saturated rings. The molecule has 10 heterocycles. The standard InChI is InChI=1S/C23H21N5O.C22H29N5O.C16H18F3N5O.C14H13F3N4OS.7H2/c1-2-16-10-11-20(27-21(16)22(29)18-9-6-12-26-23(18)24)28-14-13-25-19(15-28)17-7-4-3-5-8-17;1-4-6-16-8-9-19(27-12-11-24-17(14-27)13-15(2)3)26-20(16)21(28)18-7-5-10-25-22(18)23;1-15(2,21)8-23-11-6-5-10(16(17,18)19)12(24-11)13(25)9-4-3-7-22-14(9)20;15-14(16,17)9-3-4-10(23-7-5-18)21-11(9)12(22)8-2-1-6-20-13(8)19;;;;;;;/h1,3-12,19,25H,13-15H2,(H2,24,26);4-10,15,17,24H,11-14H2,1-3H3,(H2,23,25);3-7H,8,21H2,1-2H3,(H2,20,22)(H,23,24);1-4,6H,5,7,18H2,(H2,19,20);7*1H/b;6-4+;;;;;;;;;/t;17-;;;;;;;;;/m.0........./s1. The van der Waals surface area contributed by atoms with Crippen LogP contribution in [0.4, 0.5) is 67.1 Å². The molecule has 105 heavy (non-hydrogen) atoms. The molecule has 23 nitrogen and oxygen atoms in total. The second-order valence-electron chi connectivity index (χ2n) is 25.1. The van der Waals surface area contributed by atoms with Gasteiger partial charge in [0.15, 0.2) is 0 Å². The molecule has 0 spiro atoms. The molecule has 8 aromatic heterocycles. The third kappa shape index (κ3) is 21.7. The van der Waals surface area contributed by atoms with Crippen molar-refractivity contribution in [3.63, 3.8) is 0 Å². The molecule has 30 heteroatoms. The number of carbonyl (C=O) groups is 4. The van der Waals surface area contributed by atoms with Crippen LogP contribution < -0.4 is 60.2 Å². The molecule has 2 aliphatic rings. The Balaban J connectivity index is 0.000000734. The zero-order valence-electron chi connectivity index (χ0n) is 58.2. The van der Waals surface area contributed by atoms with E-state index >= 15 is 0 Å². The summed E-state index contributed by atoms with van der Waals surface area (Å²) in [6.07, 6.45) is 6.91. The number of anilines is 7. The van der Waals surface area contributed by atoms with Gasteiger partial charge in [0.1, 0.15) is 63.5 Å². The minimum absolute atomic E-state index is 0. The summed E-state index contributed by atoms with van der Waals surface area (Å²) in [5.41, 5.74) is 33.4. The van der Waals surface area contributed by atoms with E-state index in [1.807, 2.05) is 55.5 Å². The number of nitrogens with two attached hydrogens (primary N) is 6. The number of alkyl halides is 6.